The molecule has 3 unspecified atom stereocenters. The first kappa shape index (κ1) is 25.7. The van der Waals surface area contributed by atoms with Gasteiger partial charge in [0, 0.05) is 5.56 Å². The molecule has 0 aliphatic carbocycles. The Kier molecular flexibility index (Phi) is 8.38. The van der Waals surface area contributed by atoms with Crippen LogP contribution in [0.2, 0.25) is 0 Å². The van der Waals surface area contributed by atoms with Gasteiger partial charge in [-0.15, -0.1) is 0 Å². The van der Waals surface area contributed by atoms with Crippen molar-refractivity contribution in [2.24, 2.45) is 0 Å². The van der Waals surface area contributed by atoms with Gasteiger partial charge in [0.15, 0.2) is 6.29 Å². The lowest BCUT2D eigenvalue weighted by molar-refractivity contribution is -0.337. The van der Waals surface area contributed by atoms with Gasteiger partial charge in [0.2, 0.25) is 0 Å². The number of hydrogen-bond donors (Lipinski definition) is 0. The Morgan fingerprint density at radius 3 is 1.84 bits per heavy atom. The summed E-state index contributed by atoms with van der Waals surface area (Å²) in [6, 6.07) is 25.7. The fraction of sp³-hybridized carbons (Fsp3) is 0.400. The summed E-state index contributed by atoms with van der Waals surface area (Å²) in [7, 11) is 3.32. The quantitative estimate of drug-likeness (QED) is 0.401. The van der Waals surface area contributed by atoms with E-state index >= 15 is 0 Å². The van der Waals surface area contributed by atoms with Crippen LogP contribution >= 0.6 is 0 Å². The standard InChI is InChI=1S/C30H34O7/c1-20-27(33-17-21-9-13-24(31-2)14-10-21)29(34-18-22-11-15-25(32-3)16-12-22)28-26(36-20)19-35-30(37-28)23-7-5-4-6-8-23/h4-16,20,26-30H,17-19H2,1-3H3/t20-,26?,27?,28-,29+,30?/m0/s1. The lowest BCUT2D eigenvalue weighted by Gasteiger charge is -2.48. The molecule has 0 radical (unpaired) electrons. The SMILES string of the molecule is COc1ccc(COC2[C@H](C)OC3COC(c4ccccc4)O[C@@H]3[C@@H]2OCc2ccc(OC)cc2)cc1. The molecule has 7 heteroatoms. The zero-order valence-corrected chi connectivity index (χ0v) is 21.4. The van der Waals surface area contributed by atoms with Gasteiger partial charge in [-0.3, -0.25) is 0 Å². The first-order valence-electron chi connectivity index (χ1n) is 12.6. The van der Waals surface area contributed by atoms with Crippen LogP contribution in [0, 0.1) is 0 Å². The molecule has 0 saturated carbocycles. The van der Waals surface area contributed by atoms with Gasteiger partial charge in [0.05, 0.1) is 40.1 Å². The molecule has 5 rings (SSSR count). The summed E-state index contributed by atoms with van der Waals surface area (Å²) < 4.78 is 42.4. The maximum atomic E-state index is 6.56. The topological polar surface area (TPSA) is 64.6 Å². The van der Waals surface area contributed by atoms with Crippen molar-refractivity contribution in [2.45, 2.75) is 56.9 Å². The third-order valence-corrected chi connectivity index (χ3v) is 6.83. The van der Waals surface area contributed by atoms with E-state index in [9.17, 15) is 0 Å². The Morgan fingerprint density at radius 1 is 0.703 bits per heavy atom. The molecule has 2 fully saturated rings. The van der Waals surface area contributed by atoms with Gasteiger partial charge in [-0.05, 0) is 42.3 Å². The minimum Gasteiger partial charge on any atom is -0.497 e. The van der Waals surface area contributed by atoms with E-state index in [2.05, 4.69) is 0 Å². The number of methoxy groups -OCH3 is 2. The predicted molar refractivity (Wildman–Crippen MR) is 137 cm³/mol. The highest BCUT2D eigenvalue weighted by Gasteiger charge is 2.50. The van der Waals surface area contributed by atoms with Crippen molar-refractivity contribution in [3.8, 4) is 11.5 Å². The molecule has 0 amide bonds. The summed E-state index contributed by atoms with van der Waals surface area (Å²) in [5, 5.41) is 0. The van der Waals surface area contributed by atoms with E-state index in [1.807, 2.05) is 85.8 Å². The molecule has 2 saturated heterocycles. The number of fused-ring (bicyclic) bond motifs is 1. The Labute approximate surface area is 218 Å². The first-order valence-corrected chi connectivity index (χ1v) is 12.6. The third kappa shape index (κ3) is 6.14. The van der Waals surface area contributed by atoms with Crippen LogP contribution < -0.4 is 9.47 Å². The van der Waals surface area contributed by atoms with Crippen molar-refractivity contribution >= 4 is 0 Å². The van der Waals surface area contributed by atoms with Crippen LogP contribution in [-0.2, 0) is 36.9 Å². The van der Waals surface area contributed by atoms with Gasteiger partial charge in [-0.1, -0.05) is 54.6 Å². The van der Waals surface area contributed by atoms with E-state index in [1.54, 1.807) is 14.2 Å². The van der Waals surface area contributed by atoms with Crippen LogP contribution in [0.5, 0.6) is 11.5 Å². The summed E-state index contributed by atoms with van der Waals surface area (Å²) in [5.74, 6) is 1.62. The predicted octanol–water partition coefficient (Wildman–Crippen LogP) is 5.08. The van der Waals surface area contributed by atoms with Crippen molar-refractivity contribution in [2.75, 3.05) is 20.8 Å². The number of benzene rings is 3. The molecule has 2 aliphatic rings. The van der Waals surface area contributed by atoms with Crippen LogP contribution in [0.25, 0.3) is 0 Å². The fourth-order valence-electron chi connectivity index (χ4n) is 4.79. The van der Waals surface area contributed by atoms with Crippen LogP contribution in [0.3, 0.4) is 0 Å². The van der Waals surface area contributed by atoms with Gasteiger partial charge in [-0.2, -0.15) is 0 Å². The highest BCUT2D eigenvalue weighted by Crippen LogP contribution is 2.37. The van der Waals surface area contributed by atoms with Gasteiger partial charge in [0.25, 0.3) is 0 Å². The molecule has 0 bridgehead atoms. The third-order valence-electron chi connectivity index (χ3n) is 6.83. The normalized spacial score (nSPS) is 27.3. The highest BCUT2D eigenvalue weighted by atomic mass is 16.7. The average molecular weight is 507 g/mol. The van der Waals surface area contributed by atoms with Crippen molar-refractivity contribution in [3.63, 3.8) is 0 Å². The molecule has 3 aromatic carbocycles. The van der Waals surface area contributed by atoms with E-state index in [0.717, 1.165) is 28.2 Å². The monoisotopic (exact) mass is 506 g/mol. The Balaban J connectivity index is 1.35. The molecular weight excluding hydrogens is 472 g/mol. The zero-order chi connectivity index (χ0) is 25.6. The highest BCUT2D eigenvalue weighted by molar-refractivity contribution is 5.27. The van der Waals surface area contributed by atoms with E-state index < -0.39 is 6.29 Å². The average Bonchev–Trinajstić information content (AvgIpc) is 2.96. The molecule has 0 N–H and O–H groups in total. The van der Waals surface area contributed by atoms with Gasteiger partial charge >= 0.3 is 0 Å². The molecule has 0 aromatic heterocycles. The minimum absolute atomic E-state index is 0.208. The summed E-state index contributed by atoms with van der Waals surface area (Å²) >= 11 is 0. The van der Waals surface area contributed by atoms with E-state index in [0.29, 0.717) is 19.8 Å². The largest absolute Gasteiger partial charge is 0.497 e. The van der Waals surface area contributed by atoms with Gasteiger partial charge in [0.1, 0.15) is 35.9 Å². The van der Waals surface area contributed by atoms with Crippen LogP contribution in [0.15, 0.2) is 78.9 Å². The summed E-state index contributed by atoms with van der Waals surface area (Å²) in [5.41, 5.74) is 3.04. The van der Waals surface area contributed by atoms with Crippen molar-refractivity contribution in [3.05, 3.63) is 95.6 Å². The second kappa shape index (κ2) is 12.1. The molecule has 0 spiro atoms. The molecule has 6 atom stereocenters. The Bertz CT molecular complexity index is 1100. The van der Waals surface area contributed by atoms with Crippen LogP contribution in [-0.4, -0.2) is 51.3 Å². The molecule has 37 heavy (non-hydrogen) atoms. The molecular formula is C30H34O7. The van der Waals surface area contributed by atoms with Crippen molar-refractivity contribution < 1.29 is 33.2 Å². The summed E-state index contributed by atoms with van der Waals surface area (Å²) in [6.45, 7) is 3.26. The number of rotatable bonds is 9. The number of ether oxygens (including phenoxy) is 7. The minimum atomic E-state index is -0.492. The fourth-order valence-corrected chi connectivity index (χ4v) is 4.79. The maximum Gasteiger partial charge on any atom is 0.184 e. The number of hydrogen-bond acceptors (Lipinski definition) is 7. The second-order valence-corrected chi connectivity index (χ2v) is 9.30. The van der Waals surface area contributed by atoms with E-state index in [4.69, 9.17) is 33.2 Å². The maximum absolute atomic E-state index is 6.56. The zero-order valence-electron chi connectivity index (χ0n) is 21.4. The smallest absolute Gasteiger partial charge is 0.184 e. The molecule has 7 nitrogen and oxygen atoms in total. The van der Waals surface area contributed by atoms with Gasteiger partial charge in [-0.25, -0.2) is 0 Å². The van der Waals surface area contributed by atoms with E-state index in [-0.39, 0.29) is 30.5 Å². The second-order valence-electron chi connectivity index (χ2n) is 9.30. The lowest BCUT2D eigenvalue weighted by Crippen LogP contribution is -2.62. The molecule has 2 heterocycles. The molecule has 196 valence electrons. The lowest BCUT2D eigenvalue weighted by atomic mass is 9.94. The summed E-state index contributed by atoms with van der Waals surface area (Å²) in [4.78, 5) is 0. The molecule has 2 aliphatic heterocycles. The van der Waals surface area contributed by atoms with Crippen LogP contribution in [0.4, 0.5) is 0 Å². The first-order chi connectivity index (χ1) is 18.1. The Morgan fingerprint density at radius 2 is 1.27 bits per heavy atom. The van der Waals surface area contributed by atoms with Crippen molar-refractivity contribution in [1.82, 2.24) is 0 Å². The molecule has 3 aromatic rings. The van der Waals surface area contributed by atoms with Crippen molar-refractivity contribution in [1.29, 1.82) is 0 Å². The van der Waals surface area contributed by atoms with E-state index in [1.165, 1.54) is 0 Å². The van der Waals surface area contributed by atoms with Gasteiger partial charge < -0.3 is 33.2 Å². The summed E-state index contributed by atoms with van der Waals surface area (Å²) in [6.07, 6.45) is -2.00. The Hall–Kier alpha value is -2.94. The van der Waals surface area contributed by atoms with Crippen LogP contribution in [0.1, 0.15) is 29.9 Å².